The zero-order chi connectivity index (χ0) is 33.0. The van der Waals surface area contributed by atoms with Gasteiger partial charge in [-0.05, 0) is 72.2 Å². The van der Waals surface area contributed by atoms with Crippen LogP contribution in [0.5, 0.6) is 5.75 Å². The number of carbonyl (C=O) groups excluding carboxylic acids is 2. The molecule has 4 aromatic rings. The fraction of sp³-hybridized carbons (Fsp3) is 0.324. The smallest absolute Gasteiger partial charge is 0.283 e. The summed E-state index contributed by atoms with van der Waals surface area (Å²) < 4.78 is 38.6. The highest BCUT2D eigenvalue weighted by Crippen LogP contribution is 2.44. The molecule has 2 atom stereocenters. The largest absolute Gasteiger partial charge is 0.493 e. The van der Waals surface area contributed by atoms with E-state index < -0.39 is 21.9 Å². The van der Waals surface area contributed by atoms with E-state index in [0.29, 0.717) is 37.6 Å². The molecule has 0 bridgehead atoms. The van der Waals surface area contributed by atoms with E-state index in [1.54, 1.807) is 29.1 Å². The maximum atomic E-state index is 13.5. The number of hydrogen-bond acceptors (Lipinski definition) is 6. The van der Waals surface area contributed by atoms with Gasteiger partial charge in [-0.2, -0.15) is 13.5 Å². The lowest BCUT2D eigenvalue weighted by Gasteiger charge is -2.38. The Kier molecular flexibility index (Phi) is 10.1. The maximum Gasteiger partial charge on any atom is 0.283 e. The predicted molar refractivity (Wildman–Crippen MR) is 178 cm³/mol. The molecule has 3 aromatic carbocycles. The van der Waals surface area contributed by atoms with Crippen LogP contribution >= 0.6 is 11.6 Å². The van der Waals surface area contributed by atoms with Crippen molar-refractivity contribution in [1.29, 1.82) is 0 Å². The number of ether oxygens (including phenoxy) is 1. The number of amides is 2. The summed E-state index contributed by atoms with van der Waals surface area (Å²) in [6.07, 6.45) is 4.67. The summed E-state index contributed by atoms with van der Waals surface area (Å²) in [5.74, 6) is -0.233. The van der Waals surface area contributed by atoms with Crippen LogP contribution in [-0.4, -0.2) is 53.6 Å². The molecule has 2 heterocycles. The highest BCUT2D eigenvalue weighted by molar-refractivity contribution is 7.85. The van der Waals surface area contributed by atoms with Gasteiger partial charge in [-0.3, -0.25) is 18.8 Å². The summed E-state index contributed by atoms with van der Waals surface area (Å²) in [4.78, 5) is 27.8. The fourth-order valence-electron chi connectivity index (χ4n) is 5.71. The van der Waals surface area contributed by atoms with Crippen molar-refractivity contribution in [2.75, 3.05) is 23.9 Å². The first-order valence-corrected chi connectivity index (χ1v) is 17.1. The number of anilines is 1. The van der Waals surface area contributed by atoms with Gasteiger partial charge in [0.15, 0.2) is 0 Å². The number of fused-ring (bicyclic) bond motifs is 1. The molecule has 242 valence electrons. The summed E-state index contributed by atoms with van der Waals surface area (Å²) in [5.41, 5.74) is 5.89. The monoisotopic (exact) mass is 664 g/mol. The molecule has 0 radical (unpaired) electrons. The Bertz CT molecular complexity index is 1860. The van der Waals surface area contributed by atoms with E-state index >= 15 is 0 Å². The fourth-order valence-corrected chi connectivity index (χ4v) is 6.19. The van der Waals surface area contributed by atoms with Gasteiger partial charge in [-0.1, -0.05) is 55.8 Å². The molecule has 0 saturated heterocycles. The van der Waals surface area contributed by atoms with Crippen LogP contribution in [0, 0.1) is 12.8 Å². The number of hydrogen-bond donors (Lipinski definition) is 2. The molecular formula is C34H37ClN4O6S. The van der Waals surface area contributed by atoms with E-state index in [0.717, 1.165) is 39.3 Å². The van der Waals surface area contributed by atoms with Gasteiger partial charge in [0, 0.05) is 46.6 Å². The number of halogens is 1. The van der Waals surface area contributed by atoms with Crippen LogP contribution in [0.3, 0.4) is 0 Å². The van der Waals surface area contributed by atoms with Crippen molar-refractivity contribution in [2.45, 2.75) is 46.1 Å². The van der Waals surface area contributed by atoms with Crippen LogP contribution in [0.2, 0.25) is 5.02 Å². The van der Waals surface area contributed by atoms with Crippen LogP contribution in [0.25, 0.3) is 11.1 Å². The number of nitrogens with zero attached hydrogens (tertiary/aromatic N) is 3. The molecule has 1 aromatic heterocycles. The van der Waals surface area contributed by atoms with Gasteiger partial charge in [-0.25, -0.2) is 0 Å². The lowest BCUT2D eigenvalue weighted by molar-refractivity contribution is -0.119. The molecule has 0 fully saturated rings. The normalized spacial score (nSPS) is 16.2. The molecule has 0 aliphatic carbocycles. The van der Waals surface area contributed by atoms with E-state index in [1.807, 2.05) is 54.4 Å². The van der Waals surface area contributed by atoms with Gasteiger partial charge in [0.2, 0.25) is 5.91 Å². The Morgan fingerprint density at radius 1 is 1.11 bits per heavy atom. The van der Waals surface area contributed by atoms with Crippen molar-refractivity contribution in [1.82, 2.24) is 15.1 Å². The van der Waals surface area contributed by atoms with E-state index in [9.17, 15) is 18.0 Å². The first-order valence-electron chi connectivity index (χ1n) is 15.1. The summed E-state index contributed by atoms with van der Waals surface area (Å²) in [5, 5.41) is 7.41. The lowest BCUT2D eigenvalue weighted by Crippen LogP contribution is -2.40. The Morgan fingerprint density at radius 2 is 1.87 bits per heavy atom. The van der Waals surface area contributed by atoms with E-state index in [1.165, 1.54) is 0 Å². The van der Waals surface area contributed by atoms with Gasteiger partial charge < -0.3 is 15.0 Å². The minimum absolute atomic E-state index is 0.0553. The van der Waals surface area contributed by atoms with E-state index in [4.69, 9.17) is 20.9 Å². The first-order chi connectivity index (χ1) is 21.9. The Balaban J connectivity index is 1.29. The van der Waals surface area contributed by atoms with Crippen LogP contribution in [0.4, 0.5) is 5.69 Å². The standard InChI is InChI=1S/C34H37ClN4O6S/c1-22-18-39(32(40)14-7-15-45-31-13-6-11-29(35)24(31)3)30-12-5-10-28(33(30)23(22)2)27-17-37-38(20-27)19-25-8-4-9-26(16-25)34(41)36-21-46(42,43)44/h4-6,8-13,16-17,20,22-23H,7,14-15,18-19,21H2,1-3H3,(H,36,41)(H,42,43,44)/t22-,23?/m0/s1. The van der Waals surface area contributed by atoms with Crippen LogP contribution in [0.15, 0.2) is 73.1 Å². The molecule has 1 aliphatic heterocycles. The lowest BCUT2D eigenvalue weighted by atomic mass is 9.80. The SMILES string of the molecule is Cc1c(Cl)cccc1OCCCC(=O)N1C[C@H](C)C(C)c2c(-c3cnn(Cc4cccc(C(=O)NCS(=O)(=O)O)c4)c3)cccc21. The van der Waals surface area contributed by atoms with Gasteiger partial charge >= 0.3 is 0 Å². The summed E-state index contributed by atoms with van der Waals surface area (Å²) in [6, 6.07) is 18.3. The molecule has 10 nitrogen and oxygen atoms in total. The second kappa shape index (κ2) is 14.1. The van der Waals surface area contributed by atoms with Crippen molar-refractivity contribution in [2.24, 2.45) is 5.92 Å². The number of carbonyl (C=O) groups is 2. The Labute approximate surface area is 274 Å². The first kappa shape index (κ1) is 33.2. The average molecular weight is 665 g/mol. The quantitative estimate of drug-likeness (QED) is 0.147. The molecule has 1 unspecified atom stereocenters. The molecule has 0 spiro atoms. The van der Waals surface area contributed by atoms with E-state index in [-0.39, 0.29) is 23.3 Å². The van der Waals surface area contributed by atoms with Crippen molar-refractivity contribution in [3.05, 3.63) is 100 Å². The third-order valence-corrected chi connectivity index (χ3v) is 9.28. The van der Waals surface area contributed by atoms with Gasteiger partial charge in [-0.15, -0.1) is 0 Å². The van der Waals surface area contributed by atoms with Crippen LogP contribution in [-0.2, 0) is 21.5 Å². The second-order valence-electron chi connectivity index (χ2n) is 11.7. The molecule has 5 rings (SSSR count). The number of nitrogens with one attached hydrogen (secondary N) is 1. The second-order valence-corrected chi connectivity index (χ2v) is 13.5. The zero-order valence-electron chi connectivity index (χ0n) is 25.9. The zero-order valence-corrected chi connectivity index (χ0v) is 27.5. The highest BCUT2D eigenvalue weighted by atomic mass is 35.5. The topological polar surface area (TPSA) is 131 Å². The summed E-state index contributed by atoms with van der Waals surface area (Å²) in [6.45, 7) is 7.70. The van der Waals surface area contributed by atoms with E-state index in [2.05, 4.69) is 30.3 Å². The predicted octanol–water partition coefficient (Wildman–Crippen LogP) is 6.08. The Hall–Kier alpha value is -4.19. The van der Waals surface area contributed by atoms with Crippen molar-refractivity contribution in [3.63, 3.8) is 0 Å². The summed E-state index contributed by atoms with van der Waals surface area (Å²) >= 11 is 6.20. The number of aromatic nitrogens is 2. The Morgan fingerprint density at radius 3 is 2.65 bits per heavy atom. The molecule has 1 aliphatic rings. The maximum absolute atomic E-state index is 13.5. The minimum Gasteiger partial charge on any atom is -0.493 e. The molecule has 2 amide bonds. The van der Waals surface area contributed by atoms with Crippen molar-refractivity contribution >= 4 is 39.2 Å². The van der Waals surface area contributed by atoms with Crippen molar-refractivity contribution < 1.29 is 27.3 Å². The molecule has 0 saturated carbocycles. The molecule has 12 heteroatoms. The number of benzene rings is 3. The van der Waals surface area contributed by atoms with Crippen LogP contribution in [0.1, 0.15) is 59.7 Å². The third-order valence-electron chi connectivity index (χ3n) is 8.36. The summed E-state index contributed by atoms with van der Waals surface area (Å²) in [7, 11) is -4.33. The van der Waals surface area contributed by atoms with Crippen LogP contribution < -0.4 is 15.0 Å². The van der Waals surface area contributed by atoms with Gasteiger partial charge in [0.05, 0.1) is 19.3 Å². The average Bonchev–Trinajstić information content (AvgIpc) is 3.49. The van der Waals surface area contributed by atoms with Crippen molar-refractivity contribution in [3.8, 4) is 16.9 Å². The number of rotatable bonds is 11. The van der Waals surface area contributed by atoms with Gasteiger partial charge in [0.25, 0.3) is 16.0 Å². The molecule has 2 N–H and O–H groups in total. The highest BCUT2D eigenvalue weighted by Gasteiger charge is 2.33. The minimum atomic E-state index is -4.33. The molecule has 46 heavy (non-hydrogen) atoms. The van der Waals surface area contributed by atoms with Gasteiger partial charge in [0.1, 0.15) is 11.6 Å². The molecular weight excluding hydrogens is 628 g/mol. The third kappa shape index (κ3) is 7.78.